The first-order valence-corrected chi connectivity index (χ1v) is 5.58. The van der Waals surface area contributed by atoms with E-state index < -0.39 is 0 Å². The van der Waals surface area contributed by atoms with Crippen molar-refractivity contribution in [2.24, 2.45) is 5.73 Å². The number of nitrogens with two attached hydrogens (primary N) is 1. The first kappa shape index (κ1) is 11.7. The lowest BCUT2D eigenvalue weighted by Gasteiger charge is -2.13. The smallest absolute Gasteiger partial charge is 0.162 e. The van der Waals surface area contributed by atoms with Gasteiger partial charge in [0.2, 0.25) is 0 Å². The third kappa shape index (κ3) is 1.93. The second-order valence-corrected chi connectivity index (χ2v) is 3.86. The van der Waals surface area contributed by atoms with Gasteiger partial charge in [-0.2, -0.15) is 5.10 Å². The fourth-order valence-electron chi connectivity index (χ4n) is 1.93. The van der Waals surface area contributed by atoms with E-state index in [0.717, 1.165) is 23.6 Å². The fourth-order valence-corrected chi connectivity index (χ4v) is 1.93. The molecular weight excluding hydrogens is 218 g/mol. The molecule has 0 aromatic carbocycles. The van der Waals surface area contributed by atoms with Crippen molar-refractivity contribution >= 4 is 0 Å². The molecule has 17 heavy (non-hydrogen) atoms. The topological polar surface area (TPSA) is 66.2 Å². The van der Waals surface area contributed by atoms with Gasteiger partial charge in [-0.25, -0.2) is 0 Å². The summed E-state index contributed by atoms with van der Waals surface area (Å²) in [5.74, 6) is 1.44. The number of ether oxygens (including phenoxy) is 1. The lowest BCUT2D eigenvalue weighted by molar-refractivity contribution is 0.397. The third-order valence-corrected chi connectivity index (χ3v) is 2.84. The maximum atomic E-state index is 6.22. The summed E-state index contributed by atoms with van der Waals surface area (Å²) in [6, 6.07) is 1.54. The second-order valence-electron chi connectivity index (χ2n) is 3.86. The van der Waals surface area contributed by atoms with E-state index in [-0.39, 0.29) is 6.04 Å². The molecule has 1 unspecified atom stereocenters. The lowest BCUT2D eigenvalue weighted by atomic mass is 10.1. The molecule has 0 aliphatic carbocycles. The number of hydrogen-bond acceptors (Lipinski definition) is 4. The quantitative estimate of drug-likeness (QED) is 0.878. The van der Waals surface area contributed by atoms with Crippen molar-refractivity contribution in [1.29, 1.82) is 0 Å². The maximum absolute atomic E-state index is 6.22. The largest absolute Gasteiger partial charge is 0.493 e. The Hall–Kier alpha value is -1.75. The van der Waals surface area contributed by atoms with Gasteiger partial charge in [-0.15, -0.1) is 0 Å². The Bertz CT molecular complexity index is 480. The van der Waals surface area contributed by atoms with Gasteiger partial charge in [-0.05, 0) is 25.5 Å². The highest BCUT2D eigenvalue weighted by Gasteiger charge is 2.23. The average Bonchev–Trinajstić information content (AvgIpc) is 2.93. The van der Waals surface area contributed by atoms with E-state index in [1.165, 1.54) is 0 Å². The number of furan rings is 1. The van der Waals surface area contributed by atoms with Crippen molar-refractivity contribution < 1.29 is 9.15 Å². The minimum atomic E-state index is -0.359. The van der Waals surface area contributed by atoms with Crippen molar-refractivity contribution in [3.05, 3.63) is 35.5 Å². The molecule has 0 fully saturated rings. The molecule has 0 saturated heterocycles. The van der Waals surface area contributed by atoms with E-state index >= 15 is 0 Å². The van der Waals surface area contributed by atoms with Crippen LogP contribution in [-0.2, 0) is 6.54 Å². The number of methoxy groups -OCH3 is 1. The SMILES string of the molecule is CCn1ncc(OC)c1C(N)c1occc1C. The predicted molar refractivity (Wildman–Crippen MR) is 63.9 cm³/mol. The Kier molecular flexibility index (Phi) is 3.19. The van der Waals surface area contributed by atoms with Crippen molar-refractivity contribution in [3.8, 4) is 5.75 Å². The zero-order valence-corrected chi connectivity index (χ0v) is 10.3. The molecule has 1 atom stereocenters. The highest BCUT2D eigenvalue weighted by molar-refractivity contribution is 5.35. The van der Waals surface area contributed by atoms with Crippen molar-refractivity contribution in [3.63, 3.8) is 0 Å². The van der Waals surface area contributed by atoms with Gasteiger partial charge >= 0.3 is 0 Å². The molecule has 0 radical (unpaired) electrons. The summed E-state index contributed by atoms with van der Waals surface area (Å²) in [7, 11) is 1.61. The summed E-state index contributed by atoms with van der Waals surface area (Å²) in [6.45, 7) is 4.72. The molecule has 92 valence electrons. The van der Waals surface area contributed by atoms with Crippen LogP contribution in [-0.4, -0.2) is 16.9 Å². The highest BCUT2D eigenvalue weighted by atomic mass is 16.5. The zero-order chi connectivity index (χ0) is 12.4. The van der Waals surface area contributed by atoms with E-state index in [1.54, 1.807) is 19.6 Å². The van der Waals surface area contributed by atoms with Gasteiger partial charge in [0.05, 0.1) is 19.6 Å². The van der Waals surface area contributed by atoms with Crippen LogP contribution in [0.1, 0.15) is 30.0 Å². The minimum absolute atomic E-state index is 0.359. The van der Waals surface area contributed by atoms with Gasteiger partial charge in [0.15, 0.2) is 5.75 Å². The molecule has 0 spiro atoms. The molecule has 5 nitrogen and oxygen atoms in total. The number of hydrogen-bond donors (Lipinski definition) is 1. The summed E-state index contributed by atoms with van der Waals surface area (Å²) in [4.78, 5) is 0. The molecule has 0 aliphatic heterocycles. The summed E-state index contributed by atoms with van der Waals surface area (Å²) >= 11 is 0. The Morgan fingerprint density at radius 1 is 1.59 bits per heavy atom. The van der Waals surface area contributed by atoms with Crippen molar-refractivity contribution in [2.45, 2.75) is 26.4 Å². The number of rotatable bonds is 4. The van der Waals surface area contributed by atoms with Crippen molar-refractivity contribution in [2.75, 3.05) is 7.11 Å². The molecule has 0 bridgehead atoms. The van der Waals surface area contributed by atoms with Gasteiger partial charge < -0.3 is 14.9 Å². The zero-order valence-electron chi connectivity index (χ0n) is 10.3. The van der Waals surface area contributed by atoms with E-state index in [2.05, 4.69) is 5.10 Å². The lowest BCUT2D eigenvalue weighted by Crippen LogP contribution is -2.18. The van der Waals surface area contributed by atoms with E-state index in [4.69, 9.17) is 14.9 Å². The maximum Gasteiger partial charge on any atom is 0.162 e. The summed E-state index contributed by atoms with van der Waals surface area (Å²) in [5.41, 5.74) is 8.10. The Balaban J connectivity index is 2.45. The first-order chi connectivity index (χ1) is 8.19. The molecule has 0 aliphatic rings. The van der Waals surface area contributed by atoms with Crippen LogP contribution >= 0.6 is 0 Å². The second kappa shape index (κ2) is 4.63. The monoisotopic (exact) mass is 235 g/mol. The van der Waals surface area contributed by atoms with Gasteiger partial charge in [0.1, 0.15) is 17.5 Å². The van der Waals surface area contributed by atoms with Crippen LogP contribution in [0, 0.1) is 6.92 Å². The third-order valence-electron chi connectivity index (χ3n) is 2.84. The standard InChI is InChI=1S/C12H17N3O2/c1-4-15-11(9(16-3)7-14-15)10(13)12-8(2)5-6-17-12/h5-7,10H,4,13H2,1-3H3. The van der Waals surface area contributed by atoms with Crippen LogP contribution in [0.2, 0.25) is 0 Å². The predicted octanol–water partition coefficient (Wildman–Crippen LogP) is 1.86. The molecule has 0 saturated carbocycles. The minimum Gasteiger partial charge on any atom is -0.493 e. The molecule has 5 heteroatoms. The molecule has 0 amide bonds. The Morgan fingerprint density at radius 2 is 2.35 bits per heavy atom. The van der Waals surface area contributed by atoms with E-state index in [9.17, 15) is 0 Å². The normalized spacial score (nSPS) is 12.7. The van der Waals surface area contributed by atoms with Crippen LogP contribution in [0.4, 0.5) is 0 Å². The van der Waals surface area contributed by atoms with Crippen LogP contribution in [0.15, 0.2) is 22.9 Å². The number of aryl methyl sites for hydroxylation is 2. The van der Waals surface area contributed by atoms with Gasteiger partial charge in [-0.1, -0.05) is 0 Å². The van der Waals surface area contributed by atoms with Crippen LogP contribution in [0.5, 0.6) is 5.75 Å². The highest BCUT2D eigenvalue weighted by Crippen LogP contribution is 2.30. The first-order valence-electron chi connectivity index (χ1n) is 5.58. The van der Waals surface area contributed by atoms with Crippen LogP contribution < -0.4 is 10.5 Å². The van der Waals surface area contributed by atoms with Crippen LogP contribution in [0.25, 0.3) is 0 Å². The molecule has 2 aromatic rings. The van der Waals surface area contributed by atoms with Gasteiger partial charge in [0.25, 0.3) is 0 Å². The van der Waals surface area contributed by atoms with E-state index in [1.807, 2.05) is 24.6 Å². The van der Waals surface area contributed by atoms with Gasteiger partial charge in [-0.3, -0.25) is 4.68 Å². The van der Waals surface area contributed by atoms with E-state index in [0.29, 0.717) is 5.75 Å². The Labute approximate surface area is 100 Å². The number of nitrogens with zero attached hydrogens (tertiary/aromatic N) is 2. The molecule has 2 aromatic heterocycles. The average molecular weight is 235 g/mol. The molecule has 2 N–H and O–H groups in total. The fraction of sp³-hybridized carbons (Fsp3) is 0.417. The van der Waals surface area contributed by atoms with Crippen molar-refractivity contribution in [1.82, 2.24) is 9.78 Å². The van der Waals surface area contributed by atoms with Crippen LogP contribution in [0.3, 0.4) is 0 Å². The summed E-state index contributed by atoms with van der Waals surface area (Å²) < 4.78 is 12.5. The summed E-state index contributed by atoms with van der Waals surface area (Å²) in [6.07, 6.45) is 3.32. The molecule has 2 heterocycles. The summed E-state index contributed by atoms with van der Waals surface area (Å²) in [5, 5.41) is 4.24. The number of aromatic nitrogens is 2. The Morgan fingerprint density at radius 3 is 2.88 bits per heavy atom. The molecule has 2 rings (SSSR count). The molecular formula is C12H17N3O2. The van der Waals surface area contributed by atoms with Gasteiger partial charge in [0, 0.05) is 6.54 Å².